The van der Waals surface area contributed by atoms with E-state index in [0.717, 1.165) is 17.9 Å². The van der Waals surface area contributed by atoms with Gasteiger partial charge in [0, 0.05) is 43.7 Å². The average Bonchev–Trinajstić information content (AvgIpc) is 3.08. The maximum Gasteiger partial charge on any atom is 0.253 e. The zero-order valence-electron chi connectivity index (χ0n) is 14.8. The summed E-state index contributed by atoms with van der Waals surface area (Å²) in [4.78, 5) is 28.8. The van der Waals surface area contributed by atoms with Gasteiger partial charge in [-0.3, -0.25) is 9.59 Å². The molecule has 1 aliphatic heterocycles. The van der Waals surface area contributed by atoms with E-state index in [1.807, 2.05) is 41.3 Å². The van der Waals surface area contributed by atoms with Crippen LogP contribution in [0.25, 0.3) is 11.3 Å². The van der Waals surface area contributed by atoms with Crippen molar-refractivity contribution in [2.24, 2.45) is 5.92 Å². The summed E-state index contributed by atoms with van der Waals surface area (Å²) in [6.45, 7) is 6.58. The zero-order chi connectivity index (χ0) is 17.8. The summed E-state index contributed by atoms with van der Waals surface area (Å²) in [5.74, 6) is 1.26. The van der Waals surface area contributed by atoms with Crippen LogP contribution in [0, 0.1) is 5.92 Å². The van der Waals surface area contributed by atoms with Gasteiger partial charge in [0.05, 0.1) is 6.26 Å². The molecular weight excluding hydrogens is 316 g/mol. The number of amides is 2. The summed E-state index contributed by atoms with van der Waals surface area (Å²) in [6.07, 6.45) is 2.00. The molecule has 2 heterocycles. The predicted octanol–water partition coefficient (Wildman–Crippen LogP) is 3.28. The largest absolute Gasteiger partial charge is 0.464 e. The van der Waals surface area contributed by atoms with Gasteiger partial charge in [-0.25, -0.2) is 0 Å². The topological polar surface area (TPSA) is 53.8 Å². The lowest BCUT2D eigenvalue weighted by atomic mass is 10.1. The Labute approximate surface area is 148 Å². The highest BCUT2D eigenvalue weighted by Crippen LogP contribution is 2.22. The summed E-state index contributed by atoms with van der Waals surface area (Å²) in [5, 5.41) is 0. The highest BCUT2D eigenvalue weighted by molar-refractivity contribution is 5.95. The molecule has 1 saturated heterocycles. The quantitative estimate of drug-likeness (QED) is 0.858. The van der Waals surface area contributed by atoms with Crippen molar-refractivity contribution in [1.82, 2.24) is 9.80 Å². The third kappa shape index (κ3) is 4.10. The average molecular weight is 340 g/mol. The Morgan fingerprint density at radius 2 is 2.00 bits per heavy atom. The second kappa shape index (κ2) is 7.55. The molecular formula is C20H24N2O3. The predicted molar refractivity (Wildman–Crippen MR) is 96.1 cm³/mol. The molecule has 25 heavy (non-hydrogen) atoms. The Hall–Kier alpha value is -2.56. The van der Waals surface area contributed by atoms with Crippen LogP contribution >= 0.6 is 0 Å². The Balaban J connectivity index is 1.73. The normalized spacial score (nSPS) is 15.6. The van der Waals surface area contributed by atoms with Crippen LogP contribution in [-0.4, -0.2) is 47.8 Å². The molecule has 0 bridgehead atoms. The first-order valence-corrected chi connectivity index (χ1v) is 8.75. The molecule has 0 spiro atoms. The Morgan fingerprint density at radius 3 is 2.72 bits per heavy atom. The molecule has 0 atom stereocenters. The minimum absolute atomic E-state index is 0.0346. The van der Waals surface area contributed by atoms with Crippen LogP contribution in [0.1, 0.15) is 30.6 Å². The highest BCUT2D eigenvalue weighted by atomic mass is 16.3. The first kappa shape index (κ1) is 17.3. The lowest BCUT2D eigenvalue weighted by Crippen LogP contribution is -2.37. The lowest BCUT2D eigenvalue weighted by Gasteiger charge is -2.23. The fourth-order valence-electron chi connectivity index (χ4n) is 3.13. The molecule has 1 aliphatic rings. The monoisotopic (exact) mass is 340 g/mol. The number of benzene rings is 1. The molecule has 2 aromatic rings. The van der Waals surface area contributed by atoms with E-state index in [-0.39, 0.29) is 11.8 Å². The Kier molecular flexibility index (Phi) is 5.22. The minimum Gasteiger partial charge on any atom is -0.464 e. The molecule has 5 nitrogen and oxygen atoms in total. The van der Waals surface area contributed by atoms with Crippen LogP contribution < -0.4 is 0 Å². The fourth-order valence-corrected chi connectivity index (χ4v) is 3.13. The summed E-state index contributed by atoms with van der Waals surface area (Å²) in [6, 6.07) is 11.1. The van der Waals surface area contributed by atoms with Crippen LogP contribution in [0.2, 0.25) is 0 Å². The van der Waals surface area contributed by atoms with E-state index in [1.165, 1.54) is 0 Å². The van der Waals surface area contributed by atoms with Gasteiger partial charge in [0.2, 0.25) is 5.91 Å². The molecule has 132 valence electrons. The lowest BCUT2D eigenvalue weighted by molar-refractivity contribution is -0.130. The van der Waals surface area contributed by atoms with E-state index in [4.69, 9.17) is 4.42 Å². The van der Waals surface area contributed by atoms with E-state index < -0.39 is 0 Å². The molecule has 0 saturated carbocycles. The van der Waals surface area contributed by atoms with Gasteiger partial charge in [0.1, 0.15) is 5.76 Å². The van der Waals surface area contributed by atoms with Gasteiger partial charge in [-0.15, -0.1) is 0 Å². The summed E-state index contributed by atoms with van der Waals surface area (Å²) in [7, 11) is 0. The maximum atomic E-state index is 12.9. The summed E-state index contributed by atoms with van der Waals surface area (Å²) >= 11 is 0. The minimum atomic E-state index is -0.0346. The van der Waals surface area contributed by atoms with Crippen molar-refractivity contribution >= 4 is 11.8 Å². The SMILES string of the molecule is CC(C)CN1CCN(C(=O)c2cccc(-c3ccco3)c2)CCC1=O. The molecule has 2 amide bonds. The Bertz CT molecular complexity index is 737. The number of rotatable bonds is 4. The van der Waals surface area contributed by atoms with Gasteiger partial charge in [0.25, 0.3) is 5.91 Å². The van der Waals surface area contributed by atoms with Crippen molar-refractivity contribution in [1.29, 1.82) is 0 Å². The first-order valence-electron chi connectivity index (χ1n) is 8.75. The standard InChI is InChI=1S/C20H24N2O3/c1-15(2)14-22-11-10-21(9-8-19(22)23)20(24)17-6-3-5-16(13-17)18-7-4-12-25-18/h3-7,12-13,15H,8-11,14H2,1-2H3. The highest BCUT2D eigenvalue weighted by Gasteiger charge is 2.25. The maximum absolute atomic E-state index is 12.9. The van der Waals surface area contributed by atoms with Crippen LogP contribution in [0.15, 0.2) is 47.1 Å². The first-order chi connectivity index (χ1) is 12.0. The van der Waals surface area contributed by atoms with E-state index in [0.29, 0.717) is 37.5 Å². The zero-order valence-corrected chi connectivity index (χ0v) is 14.8. The van der Waals surface area contributed by atoms with E-state index in [9.17, 15) is 9.59 Å². The number of furan rings is 1. The summed E-state index contributed by atoms with van der Waals surface area (Å²) < 4.78 is 5.41. The van der Waals surface area contributed by atoms with Crippen LogP contribution in [0.3, 0.4) is 0 Å². The molecule has 0 aliphatic carbocycles. The molecule has 1 aromatic carbocycles. The van der Waals surface area contributed by atoms with E-state index in [2.05, 4.69) is 13.8 Å². The van der Waals surface area contributed by atoms with Crippen molar-refractivity contribution < 1.29 is 14.0 Å². The molecule has 0 unspecified atom stereocenters. The van der Waals surface area contributed by atoms with E-state index in [1.54, 1.807) is 11.2 Å². The van der Waals surface area contributed by atoms with Gasteiger partial charge in [-0.05, 0) is 30.2 Å². The fraction of sp³-hybridized carbons (Fsp3) is 0.400. The summed E-state index contributed by atoms with van der Waals surface area (Å²) in [5.41, 5.74) is 1.50. The number of nitrogens with zero attached hydrogens (tertiary/aromatic N) is 2. The van der Waals surface area contributed by atoms with Gasteiger partial charge >= 0.3 is 0 Å². The van der Waals surface area contributed by atoms with Gasteiger partial charge in [-0.1, -0.05) is 26.0 Å². The van der Waals surface area contributed by atoms with Crippen molar-refractivity contribution in [2.45, 2.75) is 20.3 Å². The molecule has 3 rings (SSSR count). The van der Waals surface area contributed by atoms with Crippen molar-refractivity contribution in [3.8, 4) is 11.3 Å². The molecule has 1 fully saturated rings. The van der Waals surface area contributed by atoms with Gasteiger partial charge in [-0.2, -0.15) is 0 Å². The van der Waals surface area contributed by atoms with E-state index >= 15 is 0 Å². The third-order valence-electron chi connectivity index (χ3n) is 4.38. The number of hydrogen-bond donors (Lipinski definition) is 0. The molecule has 1 aromatic heterocycles. The molecule has 0 N–H and O–H groups in total. The number of hydrogen-bond acceptors (Lipinski definition) is 3. The number of carbonyl (C=O) groups excluding carboxylic acids is 2. The second-order valence-electron chi connectivity index (χ2n) is 6.83. The van der Waals surface area contributed by atoms with Crippen LogP contribution in [0.4, 0.5) is 0 Å². The van der Waals surface area contributed by atoms with Crippen LogP contribution in [0.5, 0.6) is 0 Å². The second-order valence-corrected chi connectivity index (χ2v) is 6.83. The van der Waals surface area contributed by atoms with Gasteiger partial charge in [0.15, 0.2) is 0 Å². The van der Waals surface area contributed by atoms with Crippen molar-refractivity contribution in [2.75, 3.05) is 26.2 Å². The van der Waals surface area contributed by atoms with Crippen molar-refractivity contribution in [3.63, 3.8) is 0 Å². The smallest absolute Gasteiger partial charge is 0.253 e. The van der Waals surface area contributed by atoms with Crippen LogP contribution in [-0.2, 0) is 4.79 Å². The Morgan fingerprint density at radius 1 is 1.16 bits per heavy atom. The third-order valence-corrected chi connectivity index (χ3v) is 4.38. The molecule has 0 radical (unpaired) electrons. The number of carbonyl (C=O) groups is 2. The van der Waals surface area contributed by atoms with Crippen molar-refractivity contribution in [3.05, 3.63) is 48.2 Å². The van der Waals surface area contributed by atoms with Gasteiger partial charge < -0.3 is 14.2 Å². The molecule has 5 heteroatoms.